The van der Waals surface area contributed by atoms with Crippen molar-refractivity contribution >= 4 is 11.3 Å². The van der Waals surface area contributed by atoms with Gasteiger partial charge in [0.25, 0.3) is 0 Å². The number of methoxy groups -OCH3 is 2. The lowest BCUT2D eigenvalue weighted by Gasteiger charge is -2.21. The number of thiophene rings is 1. The molecule has 4 heteroatoms. The van der Waals surface area contributed by atoms with E-state index in [-0.39, 0.29) is 12.3 Å². The van der Waals surface area contributed by atoms with Gasteiger partial charge in [-0.3, -0.25) is 0 Å². The summed E-state index contributed by atoms with van der Waals surface area (Å²) in [5, 5.41) is 3.43. The third kappa shape index (κ3) is 3.90. The van der Waals surface area contributed by atoms with Crippen molar-refractivity contribution < 1.29 is 9.47 Å². The minimum Gasteiger partial charge on any atom is -0.354 e. The van der Waals surface area contributed by atoms with Crippen LogP contribution in [0.15, 0.2) is 42.5 Å². The highest BCUT2D eigenvalue weighted by Crippen LogP contribution is 2.27. The molecule has 3 nitrogen and oxygen atoms in total. The monoisotopic (exact) mass is 291 g/mol. The van der Waals surface area contributed by atoms with Gasteiger partial charge in [-0.2, -0.15) is 0 Å². The van der Waals surface area contributed by atoms with Gasteiger partial charge in [0.1, 0.15) is 0 Å². The van der Waals surface area contributed by atoms with Crippen molar-refractivity contribution in [2.75, 3.05) is 14.2 Å². The topological polar surface area (TPSA) is 30.5 Å². The largest absolute Gasteiger partial charge is 0.354 e. The van der Waals surface area contributed by atoms with Crippen molar-refractivity contribution in [3.8, 4) is 10.4 Å². The van der Waals surface area contributed by atoms with E-state index in [1.807, 2.05) is 17.4 Å². The number of rotatable bonds is 7. The molecule has 20 heavy (non-hydrogen) atoms. The molecule has 2 rings (SSSR count). The average Bonchev–Trinajstić information content (AvgIpc) is 2.96. The number of hydrogen-bond donors (Lipinski definition) is 1. The second-order valence-electron chi connectivity index (χ2n) is 4.64. The number of benzene rings is 1. The molecule has 0 spiro atoms. The van der Waals surface area contributed by atoms with Crippen LogP contribution in [0.1, 0.15) is 11.8 Å². The average molecular weight is 291 g/mol. The van der Waals surface area contributed by atoms with Crippen LogP contribution in [0.4, 0.5) is 0 Å². The predicted molar refractivity (Wildman–Crippen MR) is 83.9 cm³/mol. The van der Waals surface area contributed by atoms with Gasteiger partial charge in [0.2, 0.25) is 0 Å². The Bertz CT molecular complexity index is 508. The minimum atomic E-state index is -0.219. The van der Waals surface area contributed by atoms with E-state index in [9.17, 15) is 0 Å². The molecule has 0 aliphatic rings. The zero-order chi connectivity index (χ0) is 14.4. The van der Waals surface area contributed by atoms with Gasteiger partial charge >= 0.3 is 0 Å². The molecule has 0 aliphatic carbocycles. The van der Waals surface area contributed by atoms with Crippen molar-refractivity contribution in [1.29, 1.82) is 0 Å². The molecular formula is C16H21NO2S. The quantitative estimate of drug-likeness (QED) is 0.792. The molecule has 0 aliphatic heterocycles. The van der Waals surface area contributed by atoms with Gasteiger partial charge in [0.15, 0.2) is 6.29 Å². The fourth-order valence-corrected chi connectivity index (χ4v) is 3.06. The Labute approximate surface area is 124 Å². The molecule has 108 valence electrons. The smallest absolute Gasteiger partial charge is 0.171 e. The molecule has 0 amide bonds. The van der Waals surface area contributed by atoms with E-state index in [0.29, 0.717) is 0 Å². The fourth-order valence-electron chi connectivity index (χ4n) is 2.09. The first-order valence-corrected chi connectivity index (χ1v) is 7.49. The maximum atomic E-state index is 5.24. The maximum absolute atomic E-state index is 5.24. The van der Waals surface area contributed by atoms with Gasteiger partial charge in [-0.1, -0.05) is 30.3 Å². The normalized spacial score (nSPS) is 12.8. The maximum Gasteiger partial charge on any atom is 0.171 e. The van der Waals surface area contributed by atoms with Crippen LogP contribution in [0.3, 0.4) is 0 Å². The summed E-state index contributed by atoms with van der Waals surface area (Å²) in [6.45, 7) is 2.88. The fraction of sp³-hybridized carbons (Fsp3) is 0.375. The molecule has 0 radical (unpaired) electrons. The van der Waals surface area contributed by atoms with E-state index in [4.69, 9.17) is 9.47 Å². The van der Waals surface area contributed by atoms with E-state index in [0.717, 1.165) is 6.54 Å². The molecule has 2 aromatic rings. The van der Waals surface area contributed by atoms with Gasteiger partial charge in [0.05, 0.1) is 6.04 Å². The Morgan fingerprint density at radius 3 is 2.40 bits per heavy atom. The summed E-state index contributed by atoms with van der Waals surface area (Å²) in [5.41, 5.74) is 1.27. The lowest BCUT2D eigenvalue weighted by atomic mass is 10.2. The minimum absolute atomic E-state index is 0.146. The summed E-state index contributed by atoms with van der Waals surface area (Å²) in [5.74, 6) is 0. The highest BCUT2D eigenvalue weighted by molar-refractivity contribution is 7.15. The molecule has 1 heterocycles. The lowest BCUT2D eigenvalue weighted by Crippen LogP contribution is -2.39. The summed E-state index contributed by atoms with van der Waals surface area (Å²) in [6.07, 6.45) is -0.219. The van der Waals surface area contributed by atoms with Crippen molar-refractivity contribution in [1.82, 2.24) is 5.32 Å². The highest BCUT2D eigenvalue weighted by atomic mass is 32.1. The van der Waals surface area contributed by atoms with Gasteiger partial charge in [-0.25, -0.2) is 0 Å². The Kier molecular flexibility index (Phi) is 5.73. The van der Waals surface area contributed by atoms with Crippen LogP contribution in [0.25, 0.3) is 10.4 Å². The van der Waals surface area contributed by atoms with Gasteiger partial charge in [0, 0.05) is 30.5 Å². The van der Waals surface area contributed by atoms with E-state index in [2.05, 4.69) is 48.6 Å². The standard InChI is InChI=1S/C16H21NO2S/c1-12(16(18-2)19-3)17-11-14-9-10-15(20-14)13-7-5-4-6-8-13/h4-10,12,16-17H,11H2,1-3H3. The number of hydrogen-bond acceptors (Lipinski definition) is 4. The highest BCUT2D eigenvalue weighted by Gasteiger charge is 2.15. The molecule has 1 aromatic heterocycles. The number of nitrogens with one attached hydrogen (secondary N) is 1. The SMILES string of the molecule is COC(OC)C(C)NCc1ccc(-c2ccccc2)s1. The van der Waals surface area contributed by atoms with Crippen LogP contribution in [0.5, 0.6) is 0 Å². The third-order valence-electron chi connectivity index (χ3n) is 3.19. The van der Waals surface area contributed by atoms with E-state index < -0.39 is 0 Å². The van der Waals surface area contributed by atoms with Crippen LogP contribution >= 0.6 is 11.3 Å². The van der Waals surface area contributed by atoms with E-state index in [1.54, 1.807) is 14.2 Å². The molecule has 0 fully saturated rings. The summed E-state index contributed by atoms with van der Waals surface area (Å²) >= 11 is 1.81. The zero-order valence-corrected chi connectivity index (χ0v) is 12.9. The molecular weight excluding hydrogens is 270 g/mol. The van der Waals surface area contributed by atoms with Crippen molar-refractivity contribution in [3.63, 3.8) is 0 Å². The van der Waals surface area contributed by atoms with Gasteiger partial charge < -0.3 is 14.8 Å². The van der Waals surface area contributed by atoms with Crippen LogP contribution in [0.2, 0.25) is 0 Å². The van der Waals surface area contributed by atoms with Crippen molar-refractivity contribution in [2.45, 2.75) is 25.8 Å². The second kappa shape index (κ2) is 7.55. The number of ether oxygens (including phenoxy) is 2. The molecule has 0 saturated carbocycles. The van der Waals surface area contributed by atoms with Crippen LogP contribution in [-0.2, 0) is 16.0 Å². The lowest BCUT2D eigenvalue weighted by molar-refractivity contribution is -0.119. The second-order valence-corrected chi connectivity index (χ2v) is 5.81. The van der Waals surface area contributed by atoms with Crippen molar-refractivity contribution in [3.05, 3.63) is 47.3 Å². The zero-order valence-electron chi connectivity index (χ0n) is 12.1. The molecule has 0 bridgehead atoms. The Morgan fingerprint density at radius 2 is 1.75 bits per heavy atom. The molecule has 1 aromatic carbocycles. The summed E-state index contributed by atoms with van der Waals surface area (Å²) < 4.78 is 10.5. The van der Waals surface area contributed by atoms with Gasteiger partial charge in [-0.05, 0) is 24.6 Å². The Morgan fingerprint density at radius 1 is 1.05 bits per heavy atom. The summed E-state index contributed by atoms with van der Waals surface area (Å²) in [7, 11) is 3.32. The van der Waals surface area contributed by atoms with Crippen LogP contribution in [-0.4, -0.2) is 26.6 Å². The molecule has 0 saturated heterocycles. The van der Waals surface area contributed by atoms with Crippen molar-refractivity contribution in [2.24, 2.45) is 0 Å². The van der Waals surface area contributed by atoms with E-state index >= 15 is 0 Å². The first-order chi connectivity index (χ1) is 9.74. The van der Waals surface area contributed by atoms with Crippen LogP contribution < -0.4 is 5.32 Å². The first kappa shape index (κ1) is 15.2. The Balaban J connectivity index is 1.94. The van der Waals surface area contributed by atoms with E-state index in [1.165, 1.54) is 15.3 Å². The first-order valence-electron chi connectivity index (χ1n) is 6.67. The predicted octanol–water partition coefficient (Wildman–Crippen LogP) is 3.51. The summed E-state index contributed by atoms with van der Waals surface area (Å²) in [6, 6.07) is 14.9. The summed E-state index contributed by atoms with van der Waals surface area (Å²) in [4.78, 5) is 2.60. The molecule has 1 unspecified atom stereocenters. The molecule has 1 atom stereocenters. The molecule has 1 N–H and O–H groups in total. The third-order valence-corrected chi connectivity index (χ3v) is 4.33. The Hall–Kier alpha value is -1.20. The van der Waals surface area contributed by atoms with Crippen LogP contribution in [0, 0.1) is 0 Å². The van der Waals surface area contributed by atoms with Gasteiger partial charge in [-0.15, -0.1) is 11.3 Å².